The molecule has 2 aromatic rings. The van der Waals surface area contributed by atoms with E-state index in [1.165, 1.54) is 9.80 Å². The molecule has 3 heterocycles. The Balaban J connectivity index is 0.00000305. The predicted molar refractivity (Wildman–Crippen MR) is 376 cm³/mol. The molecule has 10 amide bonds. The number of aliphatic carboxylic acids is 2. The van der Waals surface area contributed by atoms with Gasteiger partial charge in [0.1, 0.15) is 54.4 Å². The van der Waals surface area contributed by atoms with Gasteiger partial charge in [-0.3, -0.25) is 67.5 Å². The predicted octanol–water partition coefficient (Wildman–Crippen LogP) is -1.76. The van der Waals surface area contributed by atoms with E-state index in [-0.39, 0.29) is 89.5 Å². The molecule has 1 aromatic carbocycles. The zero-order valence-corrected chi connectivity index (χ0v) is 58.4. The third-order valence-corrected chi connectivity index (χ3v) is 17.2. The number of amides is 10. The van der Waals surface area contributed by atoms with Crippen LogP contribution in [0, 0.1) is 5.92 Å². The molecule has 2 aliphatic heterocycles. The van der Waals surface area contributed by atoms with E-state index in [2.05, 4.69) is 59.1 Å². The molecule has 560 valence electrons. The van der Waals surface area contributed by atoms with Crippen molar-refractivity contribution in [3.63, 3.8) is 0 Å². The lowest BCUT2D eigenvalue weighted by molar-refractivity contribution is -0.144. The van der Waals surface area contributed by atoms with E-state index >= 15 is 0 Å². The number of carboxylic acid groups (broad SMARTS) is 2. The standard InChI is InChI=1S/C60H100N20O12.C6H12O2/c1-4-15-40(50(84)77-44(32-35-33-71-38-18-6-5-16-36(35)38)53(87)74-41(21-12-29-70-60(67)68)51(85)72-39(49(64)83)19-7-9-26-61)73-52(86)42(24-25-47(81)82)75-56(90)48(34(2)3)78-55(89)46-23-14-31-80(46)58(92)43(20-8-10-27-62)76-54(88)45-22-13-30-79(45)57(91)37(63)17-11-28-69-59(65)66;1-2-3-4-5-6(7)8/h5-6,16,18,33-34,37,39-46,48,71H,4,7-15,17,19-32,61-63H2,1-3H3,(H2,64,83)(H,72,85)(H,73,86)(H,74,87)(H,75,90)(H,76,88)(H,77,84)(H,78,89)(H,81,82)(H4,65,66,69)(H4,67,68,70);2-5H2,1H3,(H,7,8)/t37-,39-,40-,41-,42-,43-,44-,45-,46-,48-;/m0./s1. The van der Waals surface area contributed by atoms with Crippen LogP contribution in [0.3, 0.4) is 0 Å². The molecule has 2 aliphatic rings. The first kappa shape index (κ1) is 85.0. The Morgan fingerprint density at radius 3 is 1.54 bits per heavy atom. The first-order chi connectivity index (χ1) is 47.6. The highest BCUT2D eigenvalue weighted by molar-refractivity contribution is 5.99. The smallest absolute Gasteiger partial charge is 0.303 e. The Morgan fingerprint density at radius 2 is 1.01 bits per heavy atom. The summed E-state index contributed by atoms with van der Waals surface area (Å²) in [6, 6.07) is -4.99. The topological polar surface area (TPSA) is 585 Å². The van der Waals surface area contributed by atoms with E-state index in [4.69, 9.17) is 51.0 Å². The molecule has 100 heavy (non-hydrogen) atoms. The summed E-state index contributed by atoms with van der Waals surface area (Å²) in [6.45, 7) is 8.44. The van der Waals surface area contributed by atoms with Crippen molar-refractivity contribution in [2.45, 2.75) is 236 Å². The van der Waals surface area contributed by atoms with Crippen molar-refractivity contribution < 1.29 is 67.7 Å². The van der Waals surface area contributed by atoms with Gasteiger partial charge in [0.2, 0.25) is 59.1 Å². The number of nitrogens with one attached hydrogen (secondary N) is 8. The summed E-state index contributed by atoms with van der Waals surface area (Å²) in [7, 11) is 0. The molecule has 0 bridgehead atoms. The average molecular weight is 1410 g/mol. The second kappa shape index (κ2) is 45.5. The number of carbonyl (C=O) groups is 12. The number of aromatic amines is 1. The number of nitrogens with zero attached hydrogens (tertiary/aromatic N) is 4. The second-order valence-corrected chi connectivity index (χ2v) is 25.6. The molecule has 26 N–H and O–H groups in total. The van der Waals surface area contributed by atoms with Crippen LogP contribution >= 0.6 is 0 Å². The lowest BCUT2D eigenvalue weighted by Crippen LogP contribution is -2.61. The molecule has 2 fully saturated rings. The van der Waals surface area contributed by atoms with Crippen molar-refractivity contribution in [3.05, 3.63) is 36.0 Å². The number of nitrogens with two attached hydrogens (primary N) is 8. The van der Waals surface area contributed by atoms with Gasteiger partial charge in [0, 0.05) is 62.5 Å². The maximum absolute atomic E-state index is 14.6. The van der Waals surface area contributed by atoms with E-state index in [9.17, 15) is 62.6 Å². The van der Waals surface area contributed by atoms with Gasteiger partial charge in [-0.2, -0.15) is 0 Å². The van der Waals surface area contributed by atoms with Crippen LogP contribution in [0.2, 0.25) is 0 Å². The fourth-order valence-corrected chi connectivity index (χ4v) is 11.7. The SMILES string of the molecule is CCCCCC(=O)O.CCC[C@H](NC(=O)[C@H](CCC(=O)O)NC(=O)[C@@H](NC(=O)[C@@H]1CCCN1C(=O)[C@H](CCCCN)NC(=O)[C@@H]1CCCN1C(=O)[C@@H](N)CCCN=C(N)N)C(C)C)C(=O)N[C@@H](Cc1c[nH]c2ccccc12)C(=O)N[C@@H](CCCN=C(N)N)C(=O)N[C@@H](CCCCN)C(N)=O. The van der Waals surface area contributed by atoms with E-state index in [0.29, 0.717) is 82.9 Å². The van der Waals surface area contributed by atoms with Gasteiger partial charge >= 0.3 is 11.9 Å². The summed E-state index contributed by atoms with van der Waals surface area (Å²) < 4.78 is 0. The zero-order chi connectivity index (χ0) is 74.4. The maximum atomic E-state index is 14.6. The van der Waals surface area contributed by atoms with Crippen LogP contribution in [0.5, 0.6) is 0 Å². The normalized spacial score (nSPS) is 16.5. The molecule has 0 saturated carbocycles. The number of unbranched alkanes of at least 4 members (excludes halogenated alkanes) is 4. The van der Waals surface area contributed by atoms with Gasteiger partial charge < -0.3 is 108 Å². The third kappa shape index (κ3) is 29.7. The van der Waals surface area contributed by atoms with Crippen molar-refractivity contribution in [2.24, 2.45) is 61.8 Å². The number of aliphatic imine (C=N–C) groups is 2. The Labute approximate surface area is 584 Å². The molecule has 4 rings (SSSR count). The number of hydrogen-bond acceptors (Lipinski definition) is 17. The molecule has 0 unspecified atom stereocenters. The van der Waals surface area contributed by atoms with Crippen LogP contribution in [0.15, 0.2) is 40.4 Å². The molecule has 34 heteroatoms. The summed E-state index contributed by atoms with van der Waals surface area (Å²) in [5.41, 5.74) is 46.6. The summed E-state index contributed by atoms with van der Waals surface area (Å²) in [5.74, 6) is -10.3. The maximum Gasteiger partial charge on any atom is 0.303 e. The van der Waals surface area contributed by atoms with E-state index in [1.54, 1.807) is 39.1 Å². The lowest BCUT2D eigenvalue weighted by Gasteiger charge is -2.32. The molecule has 1 aromatic heterocycles. The number of primary amides is 1. The second-order valence-electron chi connectivity index (χ2n) is 25.6. The fourth-order valence-electron chi connectivity index (χ4n) is 11.7. The Hall–Kier alpha value is -9.18. The van der Waals surface area contributed by atoms with Crippen LogP contribution in [-0.2, 0) is 64.0 Å². The lowest BCUT2D eigenvalue weighted by atomic mass is 10.0. The number of para-hydroxylation sites is 1. The van der Waals surface area contributed by atoms with Crippen molar-refractivity contribution in [3.8, 4) is 0 Å². The monoisotopic (exact) mass is 1410 g/mol. The number of likely N-dealkylation sites (tertiary alicyclic amines) is 2. The average Bonchev–Trinajstić information content (AvgIpc) is 1.63. The first-order valence-corrected chi connectivity index (χ1v) is 34.9. The van der Waals surface area contributed by atoms with Gasteiger partial charge in [-0.1, -0.05) is 65.2 Å². The number of carboxylic acids is 2. The summed E-state index contributed by atoms with van der Waals surface area (Å²) in [6.07, 6.45) is 8.62. The van der Waals surface area contributed by atoms with Gasteiger partial charge in [-0.25, -0.2) is 0 Å². The quantitative estimate of drug-likeness (QED) is 0.0198. The Kier molecular flexibility index (Phi) is 38.7. The van der Waals surface area contributed by atoms with Crippen molar-refractivity contribution in [2.75, 3.05) is 39.3 Å². The number of fused-ring (bicyclic) bond motifs is 1. The van der Waals surface area contributed by atoms with E-state index in [0.717, 1.165) is 30.2 Å². The van der Waals surface area contributed by atoms with Gasteiger partial charge in [-0.15, -0.1) is 0 Å². The van der Waals surface area contributed by atoms with Crippen molar-refractivity contribution in [1.29, 1.82) is 0 Å². The van der Waals surface area contributed by atoms with Crippen LogP contribution in [0.1, 0.15) is 175 Å². The van der Waals surface area contributed by atoms with Crippen molar-refractivity contribution >= 4 is 93.8 Å². The van der Waals surface area contributed by atoms with Crippen LogP contribution in [-0.4, -0.2) is 208 Å². The highest BCUT2D eigenvalue weighted by Gasteiger charge is 2.43. The highest BCUT2D eigenvalue weighted by Crippen LogP contribution is 2.24. The molecule has 10 atom stereocenters. The zero-order valence-electron chi connectivity index (χ0n) is 58.4. The van der Waals surface area contributed by atoms with Crippen LogP contribution in [0.4, 0.5) is 0 Å². The number of rotatable bonds is 45. The summed E-state index contributed by atoms with van der Waals surface area (Å²) in [4.78, 5) is 177. The largest absolute Gasteiger partial charge is 0.481 e. The summed E-state index contributed by atoms with van der Waals surface area (Å²) in [5, 5.41) is 37.6. The number of carbonyl (C=O) groups excluding carboxylic acids is 10. The number of benzene rings is 1. The highest BCUT2D eigenvalue weighted by atomic mass is 16.4. The minimum absolute atomic E-state index is 0.0109. The summed E-state index contributed by atoms with van der Waals surface area (Å²) >= 11 is 0. The van der Waals surface area contributed by atoms with Gasteiger partial charge in [0.25, 0.3) is 0 Å². The Morgan fingerprint density at radius 1 is 0.530 bits per heavy atom. The molecule has 2 saturated heterocycles. The first-order valence-electron chi connectivity index (χ1n) is 34.9. The van der Waals surface area contributed by atoms with Gasteiger partial charge in [-0.05, 0) is 140 Å². The fraction of sp³-hybridized carbons (Fsp3) is 0.667. The molecule has 0 aliphatic carbocycles. The molecular formula is C66H112N20O14. The number of aromatic nitrogens is 1. The number of H-pyrrole nitrogens is 1. The molecule has 0 radical (unpaired) electrons. The van der Waals surface area contributed by atoms with Gasteiger partial charge in [0.15, 0.2) is 11.9 Å². The van der Waals surface area contributed by atoms with Crippen molar-refractivity contribution in [1.82, 2.24) is 52.0 Å². The van der Waals surface area contributed by atoms with E-state index in [1.807, 2.05) is 12.1 Å². The van der Waals surface area contributed by atoms with E-state index < -0.39 is 150 Å². The van der Waals surface area contributed by atoms with Gasteiger partial charge in [0.05, 0.1) is 6.04 Å². The number of hydrogen-bond donors (Lipinski definition) is 18. The van der Waals surface area contributed by atoms with Crippen LogP contribution < -0.4 is 83.1 Å². The molecular weight excluding hydrogens is 1300 g/mol. The minimum Gasteiger partial charge on any atom is -0.481 e. The third-order valence-electron chi connectivity index (χ3n) is 17.2. The molecule has 34 nitrogen and oxygen atoms in total. The molecule has 0 spiro atoms. The number of guanidine groups is 2. The van der Waals surface area contributed by atoms with Crippen LogP contribution in [0.25, 0.3) is 10.9 Å². The minimum atomic E-state index is -1.59. The Bertz CT molecular complexity index is 3060.